The van der Waals surface area contributed by atoms with E-state index in [0.717, 1.165) is 6.20 Å². The number of aliphatic hydroxyl groups excluding tert-OH is 1. The van der Waals surface area contributed by atoms with Crippen LogP contribution in [0.1, 0.15) is 30.3 Å². The second kappa shape index (κ2) is 5.94. The first-order chi connectivity index (χ1) is 8.10. The van der Waals surface area contributed by atoms with Crippen LogP contribution in [-0.4, -0.2) is 38.8 Å². The average Bonchev–Trinajstić information content (AvgIpc) is 2.77. The number of H-pyrrole nitrogens is 1. The summed E-state index contributed by atoms with van der Waals surface area (Å²) in [6.45, 7) is 1.80. The molecule has 0 saturated carbocycles. The molecule has 1 aromatic rings. The Labute approximate surface area is 97.2 Å². The van der Waals surface area contributed by atoms with Crippen molar-refractivity contribution in [2.75, 3.05) is 6.61 Å². The van der Waals surface area contributed by atoms with Crippen molar-refractivity contribution in [3.63, 3.8) is 0 Å². The van der Waals surface area contributed by atoms with Gasteiger partial charge in [0.2, 0.25) is 5.69 Å². The Morgan fingerprint density at radius 3 is 3.00 bits per heavy atom. The summed E-state index contributed by atoms with van der Waals surface area (Å²) in [7, 11) is 0. The SMILES string of the molecule is CCC(CCO)NC(=O)c1[nH]ncc1[N+](=O)[O-]. The van der Waals surface area contributed by atoms with E-state index in [4.69, 9.17) is 5.11 Å². The highest BCUT2D eigenvalue weighted by Crippen LogP contribution is 2.14. The number of aromatic nitrogens is 2. The van der Waals surface area contributed by atoms with Crippen LogP contribution in [0.2, 0.25) is 0 Å². The van der Waals surface area contributed by atoms with Crippen molar-refractivity contribution >= 4 is 11.6 Å². The third-order valence-corrected chi connectivity index (χ3v) is 2.35. The van der Waals surface area contributed by atoms with Crippen LogP contribution in [0.15, 0.2) is 6.20 Å². The summed E-state index contributed by atoms with van der Waals surface area (Å²) in [6, 6.07) is -0.213. The van der Waals surface area contributed by atoms with Gasteiger partial charge >= 0.3 is 5.69 Å². The van der Waals surface area contributed by atoms with Gasteiger partial charge in [0.05, 0.1) is 4.92 Å². The standard InChI is InChI=1S/C9H14N4O4/c1-2-6(3-4-14)11-9(15)8-7(13(16)17)5-10-12-8/h5-6,14H,2-4H2,1H3,(H,10,12)(H,11,15). The lowest BCUT2D eigenvalue weighted by Gasteiger charge is -2.14. The molecular weight excluding hydrogens is 228 g/mol. The number of aliphatic hydroxyl groups is 1. The number of hydrogen-bond acceptors (Lipinski definition) is 5. The lowest BCUT2D eigenvalue weighted by Crippen LogP contribution is -2.35. The minimum absolute atomic E-state index is 0.0517. The predicted octanol–water partition coefficient (Wildman–Crippen LogP) is 0.209. The summed E-state index contributed by atoms with van der Waals surface area (Å²) in [5.41, 5.74) is -0.534. The number of rotatable bonds is 6. The van der Waals surface area contributed by atoms with Gasteiger partial charge in [-0.3, -0.25) is 20.0 Å². The first kappa shape index (κ1) is 13.1. The minimum atomic E-state index is -0.675. The van der Waals surface area contributed by atoms with E-state index in [1.54, 1.807) is 0 Å². The Balaban J connectivity index is 2.75. The van der Waals surface area contributed by atoms with Gasteiger partial charge in [0.1, 0.15) is 6.20 Å². The maximum atomic E-state index is 11.7. The van der Waals surface area contributed by atoms with E-state index >= 15 is 0 Å². The molecule has 1 heterocycles. The van der Waals surface area contributed by atoms with Gasteiger partial charge in [0, 0.05) is 12.6 Å². The molecule has 0 saturated heterocycles. The number of nitrogens with zero attached hydrogens (tertiary/aromatic N) is 2. The Bertz CT molecular complexity index is 403. The first-order valence-corrected chi connectivity index (χ1v) is 5.19. The zero-order valence-corrected chi connectivity index (χ0v) is 9.34. The highest BCUT2D eigenvalue weighted by atomic mass is 16.6. The van der Waals surface area contributed by atoms with Gasteiger partial charge in [-0.25, -0.2) is 0 Å². The molecule has 0 aliphatic heterocycles. The van der Waals surface area contributed by atoms with E-state index in [1.807, 2.05) is 6.92 Å². The number of carbonyl (C=O) groups excluding carboxylic acids is 1. The quantitative estimate of drug-likeness (QED) is 0.486. The van der Waals surface area contributed by atoms with Crippen LogP contribution in [0.3, 0.4) is 0 Å². The van der Waals surface area contributed by atoms with Crippen molar-refractivity contribution in [2.45, 2.75) is 25.8 Å². The van der Waals surface area contributed by atoms with Crippen LogP contribution in [0.5, 0.6) is 0 Å². The highest BCUT2D eigenvalue weighted by Gasteiger charge is 2.24. The van der Waals surface area contributed by atoms with Gasteiger partial charge in [-0.15, -0.1) is 0 Å². The monoisotopic (exact) mass is 242 g/mol. The number of aromatic amines is 1. The zero-order chi connectivity index (χ0) is 12.8. The third-order valence-electron chi connectivity index (χ3n) is 2.35. The number of nitrogens with one attached hydrogen (secondary N) is 2. The Morgan fingerprint density at radius 1 is 1.76 bits per heavy atom. The molecule has 0 radical (unpaired) electrons. The molecule has 8 nitrogen and oxygen atoms in total. The maximum Gasteiger partial charge on any atom is 0.319 e. The maximum absolute atomic E-state index is 11.7. The van der Waals surface area contributed by atoms with E-state index < -0.39 is 10.8 Å². The third kappa shape index (κ3) is 3.25. The molecule has 0 aliphatic rings. The fourth-order valence-corrected chi connectivity index (χ4v) is 1.38. The number of hydrogen-bond donors (Lipinski definition) is 3. The largest absolute Gasteiger partial charge is 0.396 e. The van der Waals surface area contributed by atoms with Crippen LogP contribution in [0.25, 0.3) is 0 Å². The van der Waals surface area contributed by atoms with E-state index in [-0.39, 0.29) is 24.0 Å². The molecule has 0 bridgehead atoms. The first-order valence-electron chi connectivity index (χ1n) is 5.19. The smallest absolute Gasteiger partial charge is 0.319 e. The Morgan fingerprint density at radius 2 is 2.47 bits per heavy atom. The van der Waals surface area contributed by atoms with Gasteiger partial charge < -0.3 is 10.4 Å². The van der Waals surface area contributed by atoms with Crippen LogP contribution in [-0.2, 0) is 0 Å². The summed E-state index contributed by atoms with van der Waals surface area (Å²) >= 11 is 0. The van der Waals surface area contributed by atoms with Crippen molar-refractivity contribution in [1.82, 2.24) is 15.5 Å². The second-order valence-electron chi connectivity index (χ2n) is 3.48. The lowest BCUT2D eigenvalue weighted by molar-refractivity contribution is -0.385. The molecule has 0 aliphatic carbocycles. The number of carbonyl (C=O) groups is 1. The highest BCUT2D eigenvalue weighted by molar-refractivity contribution is 5.96. The van der Waals surface area contributed by atoms with Crippen LogP contribution < -0.4 is 5.32 Å². The molecule has 0 spiro atoms. The van der Waals surface area contributed by atoms with Gasteiger partial charge in [-0.05, 0) is 12.8 Å². The molecule has 8 heteroatoms. The summed E-state index contributed by atoms with van der Waals surface area (Å²) in [5, 5.41) is 27.7. The van der Waals surface area contributed by atoms with Gasteiger partial charge in [0.25, 0.3) is 5.91 Å². The van der Waals surface area contributed by atoms with E-state index in [1.165, 1.54) is 0 Å². The normalized spacial score (nSPS) is 12.1. The van der Waals surface area contributed by atoms with Crippen molar-refractivity contribution in [2.24, 2.45) is 0 Å². The van der Waals surface area contributed by atoms with E-state index in [9.17, 15) is 14.9 Å². The number of amides is 1. The lowest BCUT2D eigenvalue weighted by atomic mass is 10.1. The minimum Gasteiger partial charge on any atom is -0.396 e. The fraction of sp³-hybridized carbons (Fsp3) is 0.556. The van der Waals surface area contributed by atoms with Gasteiger partial charge in [-0.2, -0.15) is 5.10 Å². The predicted molar refractivity (Wildman–Crippen MR) is 58.5 cm³/mol. The summed E-state index contributed by atoms with van der Waals surface area (Å²) in [4.78, 5) is 21.6. The van der Waals surface area contributed by atoms with Crippen LogP contribution >= 0.6 is 0 Å². The molecule has 0 fully saturated rings. The molecule has 17 heavy (non-hydrogen) atoms. The van der Waals surface area contributed by atoms with E-state index in [2.05, 4.69) is 15.5 Å². The average molecular weight is 242 g/mol. The number of nitro groups is 1. The van der Waals surface area contributed by atoms with Crippen molar-refractivity contribution in [1.29, 1.82) is 0 Å². The van der Waals surface area contributed by atoms with Crippen molar-refractivity contribution in [3.05, 3.63) is 22.0 Å². The summed E-state index contributed by atoms with van der Waals surface area (Å²) in [5.74, 6) is -0.588. The molecule has 1 rings (SSSR count). The van der Waals surface area contributed by atoms with Gasteiger partial charge in [0.15, 0.2) is 0 Å². The summed E-state index contributed by atoms with van der Waals surface area (Å²) in [6.07, 6.45) is 2.03. The summed E-state index contributed by atoms with van der Waals surface area (Å²) < 4.78 is 0. The molecule has 94 valence electrons. The Hall–Kier alpha value is -1.96. The molecule has 1 amide bonds. The molecule has 0 aromatic carbocycles. The molecule has 1 aromatic heterocycles. The molecular formula is C9H14N4O4. The van der Waals surface area contributed by atoms with Crippen LogP contribution in [0.4, 0.5) is 5.69 Å². The topological polar surface area (TPSA) is 121 Å². The van der Waals surface area contributed by atoms with E-state index in [0.29, 0.717) is 12.8 Å². The van der Waals surface area contributed by atoms with Crippen molar-refractivity contribution in [3.8, 4) is 0 Å². The fourth-order valence-electron chi connectivity index (χ4n) is 1.38. The molecule has 1 unspecified atom stereocenters. The van der Waals surface area contributed by atoms with Crippen LogP contribution in [0, 0.1) is 10.1 Å². The van der Waals surface area contributed by atoms with Crippen molar-refractivity contribution < 1.29 is 14.8 Å². The van der Waals surface area contributed by atoms with Gasteiger partial charge in [-0.1, -0.05) is 6.92 Å². The molecule has 1 atom stereocenters. The Kier molecular flexibility index (Phi) is 4.58. The molecule has 3 N–H and O–H groups in total. The zero-order valence-electron chi connectivity index (χ0n) is 9.34. The second-order valence-corrected chi connectivity index (χ2v) is 3.48.